The van der Waals surface area contributed by atoms with Gasteiger partial charge in [-0.25, -0.2) is 4.98 Å². The molecule has 3 aromatic carbocycles. The Hall–Kier alpha value is -7.02. The molecule has 8 amide bonds. The van der Waals surface area contributed by atoms with Crippen molar-refractivity contribution in [2.24, 2.45) is 10.8 Å². The Bertz CT molecular complexity index is 3480. The number of amides is 8. The molecular weight excluding hydrogens is 1210 g/mol. The SMILES string of the molecule is Cc1ncsc1-c1ccc([C@H](C)NC(=O)[C@@H]2C[C@@H](O)CN2C(=O)C(NC(=O)CCCCNC(=O)CC(=O)N2CCN(C(=O)C(NC(=O)c3cc4cc(C(F)(F)P(=O)(O)O)ccc4s3)C(C)(C)C)C(C(=O)N3CCCC(c4ccccc4)C3)C2)C(C)(C)C)cc1. The van der Waals surface area contributed by atoms with Crippen molar-refractivity contribution in [3.8, 4) is 10.4 Å². The van der Waals surface area contributed by atoms with Gasteiger partial charge in [-0.1, -0.05) is 102 Å². The van der Waals surface area contributed by atoms with Crippen LogP contribution in [0.15, 0.2) is 84.4 Å². The number of carbonyl (C=O) groups is 8. The summed E-state index contributed by atoms with van der Waals surface area (Å²) >= 11 is 2.46. The van der Waals surface area contributed by atoms with E-state index in [4.69, 9.17) is 0 Å². The molecular formula is C63H80F2N9O12PS2. The molecule has 7 atom stereocenters. The number of likely N-dealkylation sites (tertiary alicyclic amines) is 2. The van der Waals surface area contributed by atoms with Crippen LogP contribution in [0.2, 0.25) is 0 Å². The molecule has 0 bridgehead atoms. The molecule has 26 heteroatoms. The van der Waals surface area contributed by atoms with Crippen LogP contribution in [0, 0.1) is 17.8 Å². The van der Waals surface area contributed by atoms with Crippen LogP contribution in [-0.4, -0.2) is 163 Å². The van der Waals surface area contributed by atoms with E-state index in [1.54, 1.807) is 63.3 Å². The molecule has 5 aromatic rings. The minimum atomic E-state index is -5.88. The highest BCUT2D eigenvalue weighted by Crippen LogP contribution is 2.59. The fraction of sp³-hybridized carbons (Fsp3) is 0.508. The van der Waals surface area contributed by atoms with E-state index in [-0.39, 0.29) is 61.7 Å². The van der Waals surface area contributed by atoms with Crippen LogP contribution in [0.4, 0.5) is 8.78 Å². The van der Waals surface area contributed by atoms with Crippen molar-refractivity contribution >= 4 is 87.6 Å². The third-order valence-electron chi connectivity index (χ3n) is 16.7. The van der Waals surface area contributed by atoms with Crippen LogP contribution in [0.1, 0.15) is 137 Å². The molecule has 2 aromatic heterocycles. The number of aromatic nitrogens is 1. The monoisotopic (exact) mass is 1290 g/mol. The Morgan fingerprint density at radius 3 is 2.09 bits per heavy atom. The molecule has 5 heterocycles. The van der Waals surface area contributed by atoms with Crippen molar-refractivity contribution in [1.82, 2.24) is 45.9 Å². The zero-order valence-electron chi connectivity index (χ0n) is 51.3. The Kier molecular flexibility index (Phi) is 21.4. The molecule has 0 spiro atoms. The predicted octanol–water partition coefficient (Wildman–Crippen LogP) is 7.20. The third kappa shape index (κ3) is 16.3. The van der Waals surface area contributed by atoms with E-state index in [0.29, 0.717) is 37.1 Å². The lowest BCUT2D eigenvalue weighted by atomic mass is 9.85. The Balaban J connectivity index is 0.860. The molecule has 3 aliphatic rings. The number of piperidine rings is 1. The normalized spacial score (nSPS) is 19.5. The van der Waals surface area contributed by atoms with Crippen molar-refractivity contribution in [2.75, 3.05) is 45.8 Å². The number of carbonyl (C=O) groups excluding carboxylic acids is 8. The lowest BCUT2D eigenvalue weighted by molar-refractivity contribution is -0.155. The van der Waals surface area contributed by atoms with E-state index in [0.717, 1.165) is 57.2 Å². The number of aliphatic hydroxyl groups is 1. The third-order valence-corrected chi connectivity index (χ3v) is 19.8. The van der Waals surface area contributed by atoms with Crippen LogP contribution in [0.3, 0.4) is 0 Å². The number of nitrogens with zero attached hydrogens (tertiary/aromatic N) is 5. The maximum Gasteiger partial charge on any atom is 0.399 e. The molecule has 89 heavy (non-hydrogen) atoms. The van der Waals surface area contributed by atoms with Crippen molar-refractivity contribution in [3.63, 3.8) is 0 Å². The van der Waals surface area contributed by atoms with Gasteiger partial charge in [0.15, 0.2) is 0 Å². The Morgan fingerprint density at radius 1 is 0.764 bits per heavy atom. The number of hydrogen-bond acceptors (Lipinski definition) is 13. The summed E-state index contributed by atoms with van der Waals surface area (Å²) in [7, 11) is -5.88. The number of hydrogen-bond donors (Lipinski definition) is 7. The first kappa shape index (κ1) is 67.9. The van der Waals surface area contributed by atoms with Gasteiger partial charge in [0.1, 0.15) is 30.6 Å². The minimum Gasteiger partial charge on any atom is -0.391 e. The average Bonchev–Trinajstić information content (AvgIpc) is 1.89. The zero-order chi connectivity index (χ0) is 64.9. The van der Waals surface area contributed by atoms with E-state index in [2.05, 4.69) is 26.3 Å². The predicted molar refractivity (Wildman–Crippen MR) is 333 cm³/mol. The van der Waals surface area contributed by atoms with Gasteiger partial charge in [-0.15, -0.1) is 22.7 Å². The quantitative estimate of drug-likeness (QED) is 0.0231. The summed E-state index contributed by atoms with van der Waals surface area (Å²) in [5.41, 5.74) is -1.56. The summed E-state index contributed by atoms with van der Waals surface area (Å²) in [6, 6.07) is 16.9. The van der Waals surface area contributed by atoms with E-state index in [1.807, 2.05) is 68.4 Å². The molecule has 8 rings (SSSR count). The maximum absolute atomic E-state index is 15.0. The summed E-state index contributed by atoms with van der Waals surface area (Å²) in [5.74, 6) is -4.33. The number of aliphatic hydroxyl groups excluding tert-OH is 1. The molecule has 0 saturated carbocycles. The van der Waals surface area contributed by atoms with Gasteiger partial charge in [0.25, 0.3) is 5.91 Å². The second-order valence-corrected chi connectivity index (χ2v) is 29.1. The number of rotatable bonds is 20. The summed E-state index contributed by atoms with van der Waals surface area (Å²) < 4.78 is 41.3. The van der Waals surface area contributed by atoms with E-state index >= 15 is 0 Å². The number of unbranched alkanes of at least 4 members (excludes halogenated alkanes) is 1. The van der Waals surface area contributed by atoms with E-state index in [1.165, 1.54) is 26.8 Å². The number of β-amino-alcohol motifs (C(OH)–C–C–N with tert-alkyl or cyclic N) is 1. The van der Waals surface area contributed by atoms with Crippen LogP contribution in [-0.2, 0) is 43.8 Å². The summed E-state index contributed by atoms with van der Waals surface area (Å²) in [6.45, 7) is 14.6. The largest absolute Gasteiger partial charge is 0.399 e. The van der Waals surface area contributed by atoms with Crippen molar-refractivity contribution in [1.29, 1.82) is 0 Å². The lowest BCUT2D eigenvalue weighted by Gasteiger charge is -2.45. The van der Waals surface area contributed by atoms with Gasteiger partial charge in [0.2, 0.25) is 41.4 Å². The lowest BCUT2D eigenvalue weighted by Crippen LogP contribution is -2.66. The number of aryl methyl sites for hydroxylation is 1. The minimum absolute atomic E-state index is 0.000623. The first-order valence-electron chi connectivity index (χ1n) is 29.9. The number of nitrogens with one attached hydrogen (secondary N) is 4. The van der Waals surface area contributed by atoms with Gasteiger partial charge in [0.05, 0.1) is 39.6 Å². The number of halogens is 2. The standard InChI is InChI=1S/C63H80F2N9O12PS2/c1-37(39-19-21-41(22-20-39)53-38(2)67-36-88-53)68-56(79)46-31-45(75)34-74(46)60(83)54(61(3,4)5)69-50(76)18-12-13-25-66-51(77)32-52(78)71-27-28-73(47(35-71)58(81)72-26-14-17-42(33-72)40-15-10-9-11-16-40)59(82)55(62(6,7)8)70-57(80)49-30-43-29-44(23-24-48(43)89-49)63(64,65)87(84,85)86/h9-11,15-16,19-24,29-30,36-37,42,45-47,54-55,75H,12-14,17-18,25-28,31-35H2,1-8H3,(H,66,77)(H,68,79)(H,69,76)(H,70,80)(H2,84,85,86)/t37-,42?,45+,46-,47?,54?,55?/m0/s1. The zero-order valence-corrected chi connectivity index (χ0v) is 53.8. The highest BCUT2D eigenvalue weighted by molar-refractivity contribution is 7.52. The van der Waals surface area contributed by atoms with Gasteiger partial charge in [0, 0.05) is 68.3 Å². The fourth-order valence-electron chi connectivity index (χ4n) is 11.6. The smallest absolute Gasteiger partial charge is 0.391 e. The Morgan fingerprint density at radius 2 is 1.44 bits per heavy atom. The Labute approximate surface area is 524 Å². The molecule has 3 aliphatic heterocycles. The van der Waals surface area contributed by atoms with E-state index < -0.39 is 120 Å². The number of benzene rings is 3. The van der Waals surface area contributed by atoms with Crippen molar-refractivity contribution in [2.45, 2.75) is 148 Å². The summed E-state index contributed by atoms with van der Waals surface area (Å²) in [5, 5.41) is 22.3. The highest BCUT2D eigenvalue weighted by atomic mass is 32.1. The van der Waals surface area contributed by atoms with Gasteiger partial charge < -0.3 is 55.8 Å². The highest BCUT2D eigenvalue weighted by Gasteiger charge is 2.51. The fourth-order valence-corrected chi connectivity index (χ4v) is 13.8. The van der Waals surface area contributed by atoms with Crippen LogP contribution in [0.25, 0.3) is 20.5 Å². The molecule has 21 nitrogen and oxygen atoms in total. The first-order valence-corrected chi connectivity index (χ1v) is 33.2. The molecule has 7 N–H and O–H groups in total. The van der Waals surface area contributed by atoms with Gasteiger partial charge in [-0.05, 0) is 90.6 Å². The average molecular weight is 1290 g/mol. The van der Waals surface area contributed by atoms with Crippen LogP contribution >= 0.6 is 30.3 Å². The van der Waals surface area contributed by atoms with Gasteiger partial charge >= 0.3 is 13.3 Å². The number of piperazine rings is 1. The molecule has 3 fully saturated rings. The molecule has 4 unspecified atom stereocenters. The van der Waals surface area contributed by atoms with Crippen LogP contribution < -0.4 is 21.3 Å². The maximum atomic E-state index is 15.0. The summed E-state index contributed by atoms with van der Waals surface area (Å²) in [4.78, 5) is 143. The number of fused-ring (bicyclic) bond motifs is 1. The number of alkyl halides is 2. The topological polar surface area (TPSA) is 288 Å². The second-order valence-electron chi connectivity index (χ2n) is 25.5. The van der Waals surface area contributed by atoms with Crippen molar-refractivity contribution < 1.29 is 66.6 Å². The van der Waals surface area contributed by atoms with Gasteiger partial charge in [-0.2, -0.15) is 8.78 Å². The second kappa shape index (κ2) is 28.0. The number of thiophene rings is 1. The van der Waals surface area contributed by atoms with E-state index in [9.17, 15) is 66.6 Å². The molecule has 480 valence electrons. The molecule has 0 aliphatic carbocycles. The molecule has 0 radical (unpaired) electrons. The van der Waals surface area contributed by atoms with Crippen molar-refractivity contribution in [3.05, 3.63) is 112 Å². The van der Waals surface area contributed by atoms with Crippen LogP contribution in [0.5, 0.6) is 0 Å². The van der Waals surface area contributed by atoms with Gasteiger partial charge in [-0.3, -0.25) is 42.9 Å². The summed E-state index contributed by atoms with van der Waals surface area (Å²) in [6.07, 6.45) is 0.595. The first-order chi connectivity index (χ1) is 41.8. The molecule has 3 saturated heterocycles. The number of thiazole rings is 1.